The van der Waals surface area contributed by atoms with Gasteiger partial charge in [-0.3, -0.25) is 4.99 Å². The maximum absolute atomic E-state index is 5.65. The number of nitrogens with zero attached hydrogens (tertiary/aromatic N) is 3. The van der Waals surface area contributed by atoms with Gasteiger partial charge in [0.25, 0.3) is 0 Å². The van der Waals surface area contributed by atoms with Crippen molar-refractivity contribution in [1.29, 1.82) is 0 Å². The molecule has 7 heteroatoms. The molecule has 0 aliphatic rings. The van der Waals surface area contributed by atoms with E-state index in [0.717, 1.165) is 44.2 Å². The lowest BCUT2D eigenvalue weighted by Crippen LogP contribution is -2.38. The van der Waals surface area contributed by atoms with Gasteiger partial charge in [0.15, 0.2) is 5.96 Å². The van der Waals surface area contributed by atoms with Crippen LogP contribution in [0, 0.1) is 0 Å². The Balaban J connectivity index is 0.00000288. The number of nitrogens with one attached hydrogen (secondary N) is 2. The van der Waals surface area contributed by atoms with Crippen molar-refractivity contribution in [2.75, 3.05) is 26.7 Å². The summed E-state index contributed by atoms with van der Waals surface area (Å²) in [5, 5.41) is 6.59. The third kappa shape index (κ3) is 8.19. The molecule has 0 aliphatic heterocycles. The summed E-state index contributed by atoms with van der Waals surface area (Å²) in [5.74, 6) is 1.74. The van der Waals surface area contributed by atoms with E-state index in [4.69, 9.17) is 4.74 Å². The number of para-hydroxylation sites is 1. The lowest BCUT2D eigenvalue weighted by Gasteiger charge is -2.12. The van der Waals surface area contributed by atoms with Crippen LogP contribution in [0.1, 0.15) is 12.8 Å². The molecule has 132 valence electrons. The summed E-state index contributed by atoms with van der Waals surface area (Å²) < 4.78 is 7.72. The number of imidazole rings is 1. The quantitative estimate of drug-likeness (QED) is 0.271. The number of aromatic nitrogens is 2. The van der Waals surface area contributed by atoms with Gasteiger partial charge in [-0.25, -0.2) is 4.98 Å². The molecule has 0 atom stereocenters. The second-order valence-corrected chi connectivity index (χ2v) is 5.09. The number of guanidine groups is 1. The molecule has 24 heavy (non-hydrogen) atoms. The van der Waals surface area contributed by atoms with Crippen LogP contribution in [0.25, 0.3) is 0 Å². The molecule has 0 saturated heterocycles. The van der Waals surface area contributed by atoms with Crippen molar-refractivity contribution in [2.45, 2.75) is 19.4 Å². The maximum atomic E-state index is 5.65. The zero-order valence-corrected chi connectivity index (χ0v) is 16.3. The van der Waals surface area contributed by atoms with Crippen LogP contribution in [0.2, 0.25) is 0 Å². The third-order valence-corrected chi connectivity index (χ3v) is 3.29. The highest BCUT2D eigenvalue weighted by Gasteiger charge is 1.97. The highest BCUT2D eigenvalue weighted by Crippen LogP contribution is 2.07. The van der Waals surface area contributed by atoms with Crippen LogP contribution >= 0.6 is 24.0 Å². The predicted octanol–water partition coefficient (Wildman–Crippen LogP) is 2.53. The standard InChI is InChI=1S/C17H25N5O.HI/c1-18-17(20-9-5-12-22-13-11-19-15-22)21-10-6-14-23-16-7-3-2-4-8-16;/h2-4,7-8,11,13,15H,5-6,9-10,12,14H2,1H3,(H2,18,20,21);1H. The van der Waals surface area contributed by atoms with Gasteiger partial charge in [-0.05, 0) is 25.0 Å². The number of hydrogen-bond donors (Lipinski definition) is 2. The van der Waals surface area contributed by atoms with Gasteiger partial charge in [0, 0.05) is 39.1 Å². The van der Waals surface area contributed by atoms with E-state index in [1.165, 1.54) is 0 Å². The van der Waals surface area contributed by atoms with Crippen molar-refractivity contribution in [1.82, 2.24) is 20.2 Å². The van der Waals surface area contributed by atoms with Crippen LogP contribution < -0.4 is 15.4 Å². The molecule has 2 aromatic rings. The number of halogens is 1. The Morgan fingerprint density at radius 3 is 2.58 bits per heavy atom. The van der Waals surface area contributed by atoms with E-state index in [2.05, 4.69) is 25.2 Å². The molecular weight excluding hydrogens is 417 g/mol. The first kappa shape index (κ1) is 20.3. The van der Waals surface area contributed by atoms with E-state index in [1.807, 2.05) is 42.9 Å². The number of ether oxygens (including phenoxy) is 1. The van der Waals surface area contributed by atoms with Crippen LogP contribution in [0.4, 0.5) is 0 Å². The fourth-order valence-electron chi connectivity index (χ4n) is 2.09. The van der Waals surface area contributed by atoms with Gasteiger partial charge in [-0.2, -0.15) is 0 Å². The number of aryl methyl sites for hydroxylation is 1. The largest absolute Gasteiger partial charge is 0.494 e. The molecule has 1 aromatic carbocycles. The van der Waals surface area contributed by atoms with E-state index < -0.39 is 0 Å². The highest BCUT2D eigenvalue weighted by atomic mass is 127. The topological polar surface area (TPSA) is 63.5 Å². The number of aliphatic imine (C=N–C) groups is 1. The van der Waals surface area contributed by atoms with Crippen molar-refractivity contribution in [3.63, 3.8) is 0 Å². The minimum absolute atomic E-state index is 0. The fourth-order valence-corrected chi connectivity index (χ4v) is 2.09. The summed E-state index contributed by atoms with van der Waals surface area (Å²) in [4.78, 5) is 8.24. The molecule has 0 amide bonds. The van der Waals surface area contributed by atoms with E-state index in [9.17, 15) is 0 Å². The first-order chi connectivity index (χ1) is 11.4. The summed E-state index contributed by atoms with van der Waals surface area (Å²) in [5.41, 5.74) is 0. The molecule has 0 radical (unpaired) electrons. The first-order valence-corrected chi connectivity index (χ1v) is 7.96. The molecule has 0 spiro atoms. The maximum Gasteiger partial charge on any atom is 0.190 e. The Morgan fingerprint density at radius 1 is 1.17 bits per heavy atom. The lowest BCUT2D eigenvalue weighted by atomic mass is 10.3. The number of benzene rings is 1. The van der Waals surface area contributed by atoms with Gasteiger partial charge < -0.3 is 19.9 Å². The molecular formula is C17H26IN5O. The Morgan fingerprint density at radius 2 is 1.92 bits per heavy atom. The van der Waals surface area contributed by atoms with Crippen molar-refractivity contribution < 1.29 is 4.74 Å². The van der Waals surface area contributed by atoms with Gasteiger partial charge in [0.2, 0.25) is 0 Å². The average Bonchev–Trinajstić information content (AvgIpc) is 3.11. The van der Waals surface area contributed by atoms with Gasteiger partial charge in [0.05, 0.1) is 12.9 Å². The van der Waals surface area contributed by atoms with Crippen molar-refractivity contribution in [3.05, 3.63) is 49.1 Å². The second kappa shape index (κ2) is 12.6. The molecule has 2 rings (SSSR count). The van der Waals surface area contributed by atoms with E-state index in [0.29, 0.717) is 6.61 Å². The molecule has 0 bridgehead atoms. The SMILES string of the molecule is CN=C(NCCCOc1ccccc1)NCCCn1ccnc1.I. The Hall–Kier alpha value is -1.77. The Kier molecular flexibility index (Phi) is 10.7. The van der Waals surface area contributed by atoms with Gasteiger partial charge in [-0.1, -0.05) is 18.2 Å². The number of hydrogen-bond acceptors (Lipinski definition) is 3. The van der Waals surface area contributed by atoms with Crippen LogP contribution in [-0.2, 0) is 6.54 Å². The summed E-state index contributed by atoms with van der Waals surface area (Å²) in [6.45, 7) is 3.34. The van der Waals surface area contributed by atoms with E-state index >= 15 is 0 Å². The Bertz CT molecular complexity index is 560. The normalized spacial score (nSPS) is 10.8. The van der Waals surface area contributed by atoms with Crippen molar-refractivity contribution in [3.8, 4) is 5.75 Å². The van der Waals surface area contributed by atoms with Gasteiger partial charge in [-0.15, -0.1) is 24.0 Å². The zero-order valence-electron chi connectivity index (χ0n) is 14.0. The van der Waals surface area contributed by atoms with Crippen LogP contribution in [0.3, 0.4) is 0 Å². The van der Waals surface area contributed by atoms with Crippen LogP contribution in [0.5, 0.6) is 5.75 Å². The van der Waals surface area contributed by atoms with Crippen molar-refractivity contribution in [2.24, 2.45) is 4.99 Å². The summed E-state index contributed by atoms with van der Waals surface area (Å²) >= 11 is 0. The molecule has 0 fully saturated rings. The minimum atomic E-state index is 0. The van der Waals surface area contributed by atoms with E-state index in [-0.39, 0.29) is 24.0 Å². The van der Waals surface area contributed by atoms with Crippen LogP contribution in [0.15, 0.2) is 54.0 Å². The van der Waals surface area contributed by atoms with E-state index in [1.54, 1.807) is 13.2 Å². The molecule has 0 unspecified atom stereocenters. The summed E-state index contributed by atoms with van der Waals surface area (Å²) in [6.07, 6.45) is 7.55. The highest BCUT2D eigenvalue weighted by molar-refractivity contribution is 14.0. The molecule has 0 saturated carbocycles. The summed E-state index contributed by atoms with van der Waals surface area (Å²) in [7, 11) is 1.78. The Labute approximate surface area is 160 Å². The first-order valence-electron chi connectivity index (χ1n) is 7.96. The monoisotopic (exact) mass is 443 g/mol. The molecule has 1 aromatic heterocycles. The molecule has 0 aliphatic carbocycles. The third-order valence-electron chi connectivity index (χ3n) is 3.29. The zero-order chi connectivity index (χ0) is 16.2. The number of rotatable bonds is 9. The van der Waals surface area contributed by atoms with Crippen molar-refractivity contribution >= 4 is 29.9 Å². The van der Waals surface area contributed by atoms with Gasteiger partial charge >= 0.3 is 0 Å². The summed E-state index contributed by atoms with van der Waals surface area (Å²) in [6, 6.07) is 9.87. The fraction of sp³-hybridized carbons (Fsp3) is 0.412. The molecule has 2 N–H and O–H groups in total. The predicted molar refractivity (Wildman–Crippen MR) is 108 cm³/mol. The second-order valence-electron chi connectivity index (χ2n) is 5.09. The molecule has 1 heterocycles. The average molecular weight is 443 g/mol. The molecule has 6 nitrogen and oxygen atoms in total. The van der Waals surface area contributed by atoms with Gasteiger partial charge in [0.1, 0.15) is 5.75 Å². The minimum Gasteiger partial charge on any atom is -0.494 e. The smallest absolute Gasteiger partial charge is 0.190 e. The lowest BCUT2D eigenvalue weighted by molar-refractivity contribution is 0.311. The van der Waals surface area contributed by atoms with Crippen LogP contribution in [-0.4, -0.2) is 42.3 Å².